The number of halogens is 1. The second-order valence-corrected chi connectivity index (χ2v) is 4.33. The highest BCUT2D eigenvalue weighted by molar-refractivity contribution is 5.83. The van der Waals surface area contributed by atoms with Gasteiger partial charge in [0.1, 0.15) is 17.0 Å². The maximum Gasteiger partial charge on any atom is 0.409 e. The zero-order chi connectivity index (χ0) is 15.0. The number of nitrogens with one attached hydrogen (secondary N) is 1. The van der Waals surface area contributed by atoms with Crippen LogP contribution in [0.1, 0.15) is 0 Å². The van der Waals surface area contributed by atoms with E-state index in [1.807, 2.05) is 6.07 Å². The van der Waals surface area contributed by atoms with Crippen LogP contribution in [0, 0.1) is 5.82 Å². The number of rotatable bonds is 2. The molecule has 1 aromatic heterocycles. The first-order valence-corrected chi connectivity index (χ1v) is 6.03. The van der Waals surface area contributed by atoms with Crippen molar-refractivity contribution in [2.24, 2.45) is 5.73 Å². The van der Waals surface area contributed by atoms with Crippen molar-refractivity contribution in [2.45, 2.75) is 0 Å². The molecule has 6 nitrogen and oxygen atoms in total. The molecule has 1 heterocycles. The van der Waals surface area contributed by atoms with Gasteiger partial charge < -0.3 is 10.5 Å². The number of carbonyl (C=O) groups excluding carboxylic acids is 1. The predicted octanol–water partition coefficient (Wildman–Crippen LogP) is 1.92. The van der Waals surface area contributed by atoms with Crippen LogP contribution in [0.4, 0.5) is 9.18 Å². The van der Waals surface area contributed by atoms with Crippen molar-refractivity contribution in [2.75, 3.05) is 0 Å². The Hall–Kier alpha value is -3.09. The van der Waals surface area contributed by atoms with Crippen molar-refractivity contribution in [1.29, 1.82) is 0 Å². The Morgan fingerprint density at radius 2 is 1.95 bits per heavy atom. The van der Waals surface area contributed by atoms with Gasteiger partial charge in [-0.2, -0.15) is 0 Å². The number of hydrogen-bond donors (Lipinski definition) is 2. The van der Waals surface area contributed by atoms with Crippen molar-refractivity contribution in [3.8, 4) is 11.4 Å². The van der Waals surface area contributed by atoms with E-state index in [1.54, 1.807) is 24.3 Å². The first-order chi connectivity index (χ1) is 10.1. The minimum atomic E-state index is -1.06. The molecule has 0 saturated carbocycles. The topological polar surface area (TPSA) is 90.1 Å². The van der Waals surface area contributed by atoms with E-state index < -0.39 is 17.5 Å². The number of hydrogen-bond acceptors (Lipinski definition) is 3. The third-order valence-corrected chi connectivity index (χ3v) is 2.96. The SMILES string of the molecule is NC(=O)Oc1cc(F)c2c(=O)[nH]n(-c3ccccc3)c2c1. The lowest BCUT2D eigenvalue weighted by Gasteiger charge is -2.06. The first kappa shape index (κ1) is 12.9. The number of fused-ring (bicyclic) bond motifs is 1. The molecule has 3 N–H and O–H groups in total. The second kappa shape index (κ2) is 4.78. The molecule has 0 aliphatic rings. The van der Waals surface area contributed by atoms with Crippen LogP contribution in [-0.2, 0) is 0 Å². The highest BCUT2D eigenvalue weighted by Crippen LogP contribution is 2.24. The summed E-state index contributed by atoms with van der Waals surface area (Å²) in [5.41, 5.74) is 5.23. The molecule has 0 atom stereocenters. The summed E-state index contributed by atoms with van der Waals surface area (Å²) < 4.78 is 20.1. The molecular formula is C14H10FN3O3. The molecule has 0 spiro atoms. The maximum absolute atomic E-state index is 14.0. The minimum Gasteiger partial charge on any atom is -0.410 e. The molecule has 1 amide bonds. The normalized spacial score (nSPS) is 10.7. The number of aromatic amines is 1. The van der Waals surface area contributed by atoms with Crippen LogP contribution in [0.25, 0.3) is 16.6 Å². The van der Waals surface area contributed by atoms with E-state index in [0.717, 1.165) is 6.07 Å². The summed E-state index contributed by atoms with van der Waals surface area (Å²) >= 11 is 0. The fourth-order valence-corrected chi connectivity index (χ4v) is 2.14. The van der Waals surface area contributed by atoms with Gasteiger partial charge >= 0.3 is 6.09 Å². The number of nitrogens with zero attached hydrogens (tertiary/aromatic N) is 1. The van der Waals surface area contributed by atoms with Gasteiger partial charge in [-0.3, -0.25) is 14.6 Å². The van der Waals surface area contributed by atoms with Gasteiger partial charge in [-0.15, -0.1) is 0 Å². The molecule has 0 radical (unpaired) electrons. The molecule has 0 aliphatic heterocycles. The molecule has 0 bridgehead atoms. The number of amides is 1. The maximum atomic E-state index is 14.0. The standard InChI is InChI=1S/C14H10FN3O3/c15-10-6-9(21-14(16)20)7-11-12(10)13(19)17-18(11)8-4-2-1-3-5-8/h1-7H,(H2,16,20)(H,17,19). The number of benzene rings is 2. The lowest BCUT2D eigenvalue weighted by molar-refractivity contribution is 0.211. The molecule has 7 heteroatoms. The largest absolute Gasteiger partial charge is 0.410 e. The average molecular weight is 287 g/mol. The summed E-state index contributed by atoms with van der Waals surface area (Å²) in [6.07, 6.45) is -1.06. The summed E-state index contributed by atoms with van der Waals surface area (Å²) in [7, 11) is 0. The van der Waals surface area contributed by atoms with Crippen LogP contribution < -0.4 is 16.0 Å². The van der Waals surface area contributed by atoms with Crippen molar-refractivity contribution in [3.05, 3.63) is 58.6 Å². The van der Waals surface area contributed by atoms with Crippen LogP contribution in [0.3, 0.4) is 0 Å². The molecule has 0 saturated heterocycles. The van der Waals surface area contributed by atoms with Crippen molar-refractivity contribution >= 4 is 17.0 Å². The molecule has 106 valence electrons. The number of primary amides is 1. The Balaban J connectivity index is 2.29. The number of nitrogens with two attached hydrogens (primary N) is 1. The summed E-state index contributed by atoms with van der Waals surface area (Å²) in [6, 6.07) is 11.2. The van der Waals surface area contributed by atoms with Crippen LogP contribution in [-0.4, -0.2) is 15.9 Å². The number of H-pyrrole nitrogens is 1. The molecule has 2 aromatic carbocycles. The van der Waals surface area contributed by atoms with Crippen LogP contribution in [0.15, 0.2) is 47.3 Å². The lowest BCUT2D eigenvalue weighted by atomic mass is 10.2. The van der Waals surface area contributed by atoms with E-state index in [4.69, 9.17) is 5.73 Å². The fraction of sp³-hybridized carbons (Fsp3) is 0. The zero-order valence-corrected chi connectivity index (χ0v) is 10.7. The Labute approximate surface area is 117 Å². The number of aromatic nitrogens is 2. The Morgan fingerprint density at radius 1 is 1.24 bits per heavy atom. The van der Waals surface area contributed by atoms with Crippen LogP contribution >= 0.6 is 0 Å². The molecule has 0 unspecified atom stereocenters. The monoisotopic (exact) mass is 287 g/mol. The lowest BCUT2D eigenvalue weighted by Crippen LogP contribution is -2.16. The summed E-state index contributed by atoms with van der Waals surface area (Å²) in [5, 5.41) is 2.42. The van der Waals surface area contributed by atoms with Gasteiger partial charge in [-0.25, -0.2) is 9.18 Å². The molecule has 21 heavy (non-hydrogen) atoms. The Bertz CT molecular complexity index is 884. The van der Waals surface area contributed by atoms with Crippen molar-refractivity contribution < 1.29 is 13.9 Å². The first-order valence-electron chi connectivity index (χ1n) is 6.03. The van der Waals surface area contributed by atoms with Crippen molar-refractivity contribution in [1.82, 2.24) is 9.78 Å². The van der Waals surface area contributed by atoms with Gasteiger partial charge in [0, 0.05) is 12.1 Å². The average Bonchev–Trinajstić information content (AvgIpc) is 2.76. The van der Waals surface area contributed by atoms with Gasteiger partial charge in [0.15, 0.2) is 0 Å². The third-order valence-electron chi connectivity index (χ3n) is 2.96. The van der Waals surface area contributed by atoms with E-state index in [1.165, 1.54) is 10.7 Å². The third kappa shape index (κ3) is 2.25. The number of para-hydroxylation sites is 1. The van der Waals surface area contributed by atoms with Crippen LogP contribution in [0.5, 0.6) is 5.75 Å². The van der Waals surface area contributed by atoms with E-state index in [-0.39, 0.29) is 16.7 Å². The second-order valence-electron chi connectivity index (χ2n) is 4.33. The molecular weight excluding hydrogens is 277 g/mol. The fourth-order valence-electron chi connectivity index (χ4n) is 2.14. The molecule has 0 aliphatic carbocycles. The Kier molecular flexibility index (Phi) is 2.94. The smallest absolute Gasteiger partial charge is 0.409 e. The summed E-state index contributed by atoms with van der Waals surface area (Å²) in [4.78, 5) is 22.7. The highest BCUT2D eigenvalue weighted by atomic mass is 19.1. The van der Waals surface area contributed by atoms with Gasteiger partial charge in [0.25, 0.3) is 5.56 Å². The van der Waals surface area contributed by atoms with Crippen LogP contribution in [0.2, 0.25) is 0 Å². The van der Waals surface area contributed by atoms with E-state index in [2.05, 4.69) is 9.84 Å². The minimum absolute atomic E-state index is 0.0730. The summed E-state index contributed by atoms with van der Waals surface area (Å²) in [5.74, 6) is -0.865. The van der Waals surface area contributed by atoms with E-state index in [0.29, 0.717) is 5.69 Å². The van der Waals surface area contributed by atoms with Gasteiger partial charge in [-0.1, -0.05) is 18.2 Å². The number of ether oxygens (including phenoxy) is 1. The quantitative estimate of drug-likeness (QED) is 0.754. The van der Waals surface area contributed by atoms with E-state index >= 15 is 0 Å². The molecule has 0 fully saturated rings. The Morgan fingerprint density at radius 3 is 2.62 bits per heavy atom. The highest BCUT2D eigenvalue weighted by Gasteiger charge is 2.15. The van der Waals surface area contributed by atoms with E-state index in [9.17, 15) is 14.0 Å². The predicted molar refractivity (Wildman–Crippen MR) is 74.1 cm³/mol. The van der Waals surface area contributed by atoms with Gasteiger partial charge in [0.2, 0.25) is 0 Å². The number of carbonyl (C=O) groups is 1. The van der Waals surface area contributed by atoms with Gasteiger partial charge in [0.05, 0.1) is 11.2 Å². The molecule has 3 rings (SSSR count). The van der Waals surface area contributed by atoms with Gasteiger partial charge in [-0.05, 0) is 12.1 Å². The zero-order valence-electron chi connectivity index (χ0n) is 10.7. The van der Waals surface area contributed by atoms with Crippen molar-refractivity contribution in [3.63, 3.8) is 0 Å². The summed E-state index contributed by atoms with van der Waals surface area (Å²) in [6.45, 7) is 0. The molecule has 3 aromatic rings.